The van der Waals surface area contributed by atoms with E-state index in [0.29, 0.717) is 5.75 Å². The van der Waals surface area contributed by atoms with Crippen molar-refractivity contribution in [1.82, 2.24) is 0 Å². The highest BCUT2D eigenvalue weighted by Crippen LogP contribution is 2.42. The lowest BCUT2D eigenvalue weighted by Gasteiger charge is -2.25. The van der Waals surface area contributed by atoms with Crippen molar-refractivity contribution in [3.8, 4) is 0 Å². The van der Waals surface area contributed by atoms with Crippen molar-refractivity contribution in [2.45, 2.75) is 19.2 Å². The smallest absolute Gasteiger partial charge is 0.269 e. The molecule has 1 atom stereocenters. The maximum atomic E-state index is 12.4. The average molecular weight is 328 g/mol. The molecule has 0 radical (unpaired) electrons. The maximum Gasteiger partial charge on any atom is 0.269 e. The van der Waals surface area contributed by atoms with Crippen molar-refractivity contribution < 1.29 is 9.72 Å². The van der Waals surface area contributed by atoms with Gasteiger partial charge in [-0.1, -0.05) is 18.2 Å². The number of carbonyl (C=O) groups is 1. The fourth-order valence-electron chi connectivity index (χ4n) is 2.83. The minimum atomic E-state index is -0.411. The van der Waals surface area contributed by atoms with E-state index in [4.69, 9.17) is 0 Å². The number of aryl methyl sites for hydroxylation is 2. The first-order chi connectivity index (χ1) is 11.0. The number of benzene rings is 2. The molecule has 1 saturated heterocycles. The van der Waals surface area contributed by atoms with Gasteiger partial charge in [0.2, 0.25) is 5.91 Å². The third-order valence-corrected chi connectivity index (χ3v) is 4.93. The number of hydrogen-bond donors (Lipinski definition) is 0. The second kappa shape index (κ2) is 6.04. The summed E-state index contributed by atoms with van der Waals surface area (Å²) in [6.45, 7) is 3.99. The third-order valence-electron chi connectivity index (χ3n) is 3.72. The number of anilines is 1. The van der Waals surface area contributed by atoms with Crippen molar-refractivity contribution in [3.05, 3.63) is 69.3 Å². The van der Waals surface area contributed by atoms with Gasteiger partial charge in [0, 0.05) is 17.8 Å². The van der Waals surface area contributed by atoms with Gasteiger partial charge in [0.05, 0.1) is 10.7 Å². The quantitative estimate of drug-likeness (QED) is 0.631. The van der Waals surface area contributed by atoms with Gasteiger partial charge < -0.3 is 0 Å². The molecule has 2 aromatic rings. The van der Waals surface area contributed by atoms with Crippen LogP contribution >= 0.6 is 11.8 Å². The highest BCUT2D eigenvalue weighted by atomic mass is 32.2. The number of nitrogens with zero attached hydrogens (tertiary/aromatic N) is 2. The number of amides is 1. The summed E-state index contributed by atoms with van der Waals surface area (Å²) < 4.78 is 0. The van der Waals surface area contributed by atoms with Crippen LogP contribution in [0.25, 0.3) is 0 Å². The van der Waals surface area contributed by atoms with Crippen LogP contribution in [0.4, 0.5) is 11.4 Å². The van der Waals surface area contributed by atoms with E-state index in [-0.39, 0.29) is 17.0 Å². The number of thioether (sulfide) groups is 1. The molecular formula is C17H16N2O3S. The van der Waals surface area contributed by atoms with Gasteiger partial charge in [-0.05, 0) is 42.7 Å². The zero-order valence-corrected chi connectivity index (χ0v) is 13.7. The molecule has 5 nitrogen and oxygen atoms in total. The van der Waals surface area contributed by atoms with Gasteiger partial charge in [0.15, 0.2) is 0 Å². The fourth-order valence-corrected chi connectivity index (χ4v) is 4.00. The molecule has 1 unspecified atom stereocenters. The van der Waals surface area contributed by atoms with E-state index in [2.05, 4.69) is 6.07 Å². The topological polar surface area (TPSA) is 63.5 Å². The lowest BCUT2D eigenvalue weighted by molar-refractivity contribution is -0.384. The molecule has 0 aromatic heterocycles. The lowest BCUT2D eigenvalue weighted by Crippen LogP contribution is -2.28. The molecule has 6 heteroatoms. The number of carbonyl (C=O) groups excluding carboxylic acids is 1. The number of hydrogen-bond acceptors (Lipinski definition) is 4. The third kappa shape index (κ3) is 3.07. The van der Waals surface area contributed by atoms with Crippen LogP contribution in [0.15, 0.2) is 42.5 Å². The van der Waals surface area contributed by atoms with Crippen LogP contribution in [-0.2, 0) is 4.79 Å². The number of nitro groups is 1. The number of non-ortho nitro benzene ring substituents is 1. The molecular weight excluding hydrogens is 312 g/mol. The second-order valence-corrected chi connectivity index (χ2v) is 6.69. The largest absolute Gasteiger partial charge is 0.295 e. The Hall–Kier alpha value is -2.34. The zero-order valence-electron chi connectivity index (χ0n) is 12.9. The Bertz CT molecular complexity index is 771. The number of nitro benzene ring substituents is 1. The molecule has 2 aromatic carbocycles. The van der Waals surface area contributed by atoms with Gasteiger partial charge in [-0.15, -0.1) is 11.8 Å². The molecule has 1 aliphatic rings. The molecule has 0 aliphatic carbocycles. The minimum Gasteiger partial charge on any atom is -0.295 e. The summed E-state index contributed by atoms with van der Waals surface area (Å²) in [5.41, 5.74) is 3.83. The van der Waals surface area contributed by atoms with Crippen molar-refractivity contribution >= 4 is 29.0 Å². The Morgan fingerprint density at radius 3 is 2.52 bits per heavy atom. The summed E-state index contributed by atoms with van der Waals surface area (Å²) in [5, 5.41) is 10.8. The van der Waals surface area contributed by atoms with Gasteiger partial charge in [0.25, 0.3) is 5.69 Å². The average Bonchev–Trinajstić information content (AvgIpc) is 2.88. The predicted octanol–water partition coefficient (Wildman–Crippen LogP) is 3.99. The van der Waals surface area contributed by atoms with Gasteiger partial charge >= 0.3 is 0 Å². The molecule has 0 bridgehead atoms. The maximum absolute atomic E-state index is 12.4. The number of rotatable bonds is 3. The molecule has 0 N–H and O–H groups in total. The molecule has 1 heterocycles. The molecule has 1 amide bonds. The van der Waals surface area contributed by atoms with E-state index in [1.54, 1.807) is 17.0 Å². The van der Waals surface area contributed by atoms with Gasteiger partial charge in [0.1, 0.15) is 5.37 Å². The monoisotopic (exact) mass is 328 g/mol. The Morgan fingerprint density at radius 1 is 1.17 bits per heavy atom. The van der Waals surface area contributed by atoms with E-state index in [0.717, 1.165) is 22.4 Å². The molecule has 0 spiro atoms. The Labute approximate surface area is 138 Å². The molecule has 1 aliphatic heterocycles. The Balaban J connectivity index is 2.03. The molecule has 0 saturated carbocycles. The van der Waals surface area contributed by atoms with Gasteiger partial charge in [-0.2, -0.15) is 0 Å². The highest BCUT2D eigenvalue weighted by molar-refractivity contribution is 8.00. The first-order valence-corrected chi connectivity index (χ1v) is 8.27. The van der Waals surface area contributed by atoms with Gasteiger partial charge in [-0.3, -0.25) is 19.8 Å². The molecule has 1 fully saturated rings. The van der Waals surface area contributed by atoms with E-state index >= 15 is 0 Å². The van der Waals surface area contributed by atoms with Crippen LogP contribution in [0.1, 0.15) is 22.1 Å². The summed E-state index contributed by atoms with van der Waals surface area (Å²) in [5.74, 6) is 0.400. The molecule has 3 rings (SSSR count). The normalized spacial score (nSPS) is 17.6. The molecule has 23 heavy (non-hydrogen) atoms. The van der Waals surface area contributed by atoms with Crippen LogP contribution in [0.3, 0.4) is 0 Å². The first-order valence-electron chi connectivity index (χ1n) is 7.22. The molecule has 118 valence electrons. The summed E-state index contributed by atoms with van der Waals surface area (Å²) >= 11 is 1.49. The van der Waals surface area contributed by atoms with Crippen LogP contribution < -0.4 is 4.90 Å². The van der Waals surface area contributed by atoms with E-state index in [9.17, 15) is 14.9 Å². The van der Waals surface area contributed by atoms with Gasteiger partial charge in [-0.25, -0.2) is 0 Å². The van der Waals surface area contributed by atoms with Crippen molar-refractivity contribution in [3.63, 3.8) is 0 Å². The minimum absolute atomic E-state index is 0.0245. The standard InChI is InChI=1S/C17H16N2O3S/c1-11-6-12(2)8-15(7-11)18-16(20)10-23-17(18)13-4-3-5-14(9-13)19(21)22/h3-9,17H,10H2,1-2H3. The van der Waals surface area contributed by atoms with E-state index < -0.39 is 4.92 Å². The SMILES string of the molecule is Cc1cc(C)cc(N2C(=O)CSC2c2cccc([N+](=O)[O-])c2)c1. The summed E-state index contributed by atoms with van der Waals surface area (Å²) in [7, 11) is 0. The van der Waals surface area contributed by atoms with E-state index in [1.165, 1.54) is 17.8 Å². The van der Waals surface area contributed by atoms with Crippen LogP contribution in [-0.4, -0.2) is 16.6 Å². The van der Waals surface area contributed by atoms with Crippen LogP contribution in [0, 0.1) is 24.0 Å². The van der Waals surface area contributed by atoms with Crippen molar-refractivity contribution in [2.24, 2.45) is 0 Å². The predicted molar refractivity (Wildman–Crippen MR) is 91.7 cm³/mol. The van der Waals surface area contributed by atoms with Crippen LogP contribution in [0.5, 0.6) is 0 Å². The second-order valence-electron chi connectivity index (χ2n) is 5.63. The zero-order chi connectivity index (χ0) is 16.6. The first kappa shape index (κ1) is 15.6. The Morgan fingerprint density at radius 2 is 1.87 bits per heavy atom. The summed E-state index contributed by atoms with van der Waals surface area (Å²) in [4.78, 5) is 24.7. The van der Waals surface area contributed by atoms with Crippen molar-refractivity contribution in [2.75, 3.05) is 10.7 Å². The summed E-state index contributed by atoms with van der Waals surface area (Å²) in [6.07, 6.45) is 0. The summed E-state index contributed by atoms with van der Waals surface area (Å²) in [6, 6.07) is 12.5. The Kier molecular flexibility index (Phi) is 4.09. The van der Waals surface area contributed by atoms with Crippen LogP contribution in [0.2, 0.25) is 0 Å². The van der Waals surface area contributed by atoms with E-state index in [1.807, 2.05) is 32.0 Å². The van der Waals surface area contributed by atoms with Crippen molar-refractivity contribution in [1.29, 1.82) is 0 Å². The fraction of sp³-hybridized carbons (Fsp3) is 0.235. The lowest BCUT2D eigenvalue weighted by atomic mass is 10.1. The highest BCUT2D eigenvalue weighted by Gasteiger charge is 2.34.